The van der Waals surface area contributed by atoms with Crippen LogP contribution < -0.4 is 10.1 Å². The summed E-state index contributed by atoms with van der Waals surface area (Å²) in [5, 5.41) is 3.51. The molecule has 2 N–H and O–H groups in total. The zero-order valence-electron chi connectivity index (χ0n) is 12.9. The molecular formula is C18H17FN2O2. The van der Waals surface area contributed by atoms with Gasteiger partial charge in [0, 0.05) is 17.8 Å². The zero-order valence-corrected chi connectivity index (χ0v) is 12.9. The van der Waals surface area contributed by atoms with Crippen LogP contribution in [0.3, 0.4) is 0 Å². The Bertz CT molecular complexity index is 871. The summed E-state index contributed by atoms with van der Waals surface area (Å²) < 4.78 is 19.0. The molecule has 1 aromatic heterocycles. The molecule has 0 aliphatic carbocycles. The van der Waals surface area contributed by atoms with Gasteiger partial charge in [-0.15, -0.1) is 0 Å². The minimum atomic E-state index is -0.332. The van der Waals surface area contributed by atoms with Crippen LogP contribution in [0.25, 0.3) is 10.9 Å². The first-order chi connectivity index (χ1) is 11.1. The first kappa shape index (κ1) is 15.1. The Labute approximate surface area is 133 Å². The van der Waals surface area contributed by atoms with Gasteiger partial charge in [0.15, 0.2) is 0 Å². The highest BCUT2D eigenvalue weighted by Crippen LogP contribution is 2.30. The van der Waals surface area contributed by atoms with Gasteiger partial charge in [-0.05, 0) is 25.1 Å². The van der Waals surface area contributed by atoms with E-state index in [4.69, 9.17) is 4.74 Å². The molecule has 1 amide bonds. The normalized spacial score (nSPS) is 10.7. The number of nitrogens with one attached hydrogen (secondary N) is 2. The van der Waals surface area contributed by atoms with Gasteiger partial charge < -0.3 is 15.0 Å². The van der Waals surface area contributed by atoms with E-state index in [1.165, 1.54) is 6.07 Å². The molecule has 0 bridgehead atoms. The second kappa shape index (κ2) is 6.12. The fraction of sp³-hybridized carbons (Fsp3) is 0.167. The number of rotatable bonds is 4. The lowest BCUT2D eigenvalue weighted by molar-refractivity contribution is 0.0951. The summed E-state index contributed by atoms with van der Waals surface area (Å²) in [6.45, 7) is 1.96. The Morgan fingerprint density at radius 3 is 2.74 bits per heavy atom. The summed E-state index contributed by atoms with van der Waals surface area (Å²) in [7, 11) is 1.57. The Hall–Kier alpha value is -2.82. The van der Waals surface area contributed by atoms with Crippen molar-refractivity contribution in [3.63, 3.8) is 0 Å². The first-order valence-corrected chi connectivity index (χ1v) is 7.28. The van der Waals surface area contributed by atoms with Crippen LogP contribution in [0.5, 0.6) is 5.75 Å². The highest BCUT2D eigenvalue weighted by atomic mass is 19.1. The monoisotopic (exact) mass is 312 g/mol. The number of fused-ring (bicyclic) bond motifs is 1. The maximum Gasteiger partial charge on any atom is 0.254 e. The van der Waals surface area contributed by atoms with Crippen molar-refractivity contribution in [2.45, 2.75) is 13.5 Å². The number of halogens is 1. The van der Waals surface area contributed by atoms with E-state index in [0.29, 0.717) is 16.9 Å². The molecule has 4 nitrogen and oxygen atoms in total. The number of hydrogen-bond donors (Lipinski definition) is 2. The van der Waals surface area contributed by atoms with E-state index < -0.39 is 0 Å². The Kier molecular flexibility index (Phi) is 4.02. The van der Waals surface area contributed by atoms with Crippen molar-refractivity contribution in [1.29, 1.82) is 0 Å². The minimum Gasteiger partial charge on any atom is -0.496 e. The number of ether oxygens (including phenoxy) is 1. The lowest BCUT2D eigenvalue weighted by Gasteiger charge is -2.08. The van der Waals surface area contributed by atoms with Crippen molar-refractivity contribution in [3.8, 4) is 5.75 Å². The molecule has 1 heterocycles. The summed E-state index contributed by atoms with van der Waals surface area (Å²) in [5.74, 6) is 0.0328. The number of hydrogen-bond acceptors (Lipinski definition) is 2. The van der Waals surface area contributed by atoms with Gasteiger partial charge in [-0.1, -0.05) is 24.3 Å². The van der Waals surface area contributed by atoms with E-state index in [2.05, 4.69) is 10.3 Å². The van der Waals surface area contributed by atoms with Crippen molar-refractivity contribution in [2.75, 3.05) is 7.11 Å². The maximum atomic E-state index is 13.7. The van der Waals surface area contributed by atoms with Crippen molar-refractivity contribution in [1.82, 2.24) is 10.3 Å². The molecular weight excluding hydrogens is 295 g/mol. The predicted octanol–water partition coefficient (Wildman–Crippen LogP) is 3.55. The average molecular weight is 312 g/mol. The Morgan fingerprint density at radius 1 is 1.22 bits per heavy atom. The fourth-order valence-corrected chi connectivity index (χ4v) is 2.70. The number of aromatic amines is 1. The molecule has 0 spiro atoms. The zero-order chi connectivity index (χ0) is 16.4. The molecule has 0 fully saturated rings. The van der Waals surface area contributed by atoms with Gasteiger partial charge in [0.1, 0.15) is 11.6 Å². The van der Waals surface area contributed by atoms with Crippen LogP contribution >= 0.6 is 0 Å². The van der Waals surface area contributed by atoms with E-state index in [0.717, 1.165) is 16.6 Å². The number of amides is 1. The Morgan fingerprint density at radius 2 is 2.00 bits per heavy atom. The van der Waals surface area contributed by atoms with E-state index in [1.54, 1.807) is 25.3 Å². The Balaban J connectivity index is 1.92. The minimum absolute atomic E-state index is 0.132. The largest absolute Gasteiger partial charge is 0.496 e. The smallest absolute Gasteiger partial charge is 0.254 e. The summed E-state index contributed by atoms with van der Waals surface area (Å²) in [5.41, 5.74) is 2.55. The third-order valence-corrected chi connectivity index (χ3v) is 3.82. The molecule has 3 rings (SSSR count). The maximum absolute atomic E-state index is 13.7. The molecule has 3 aromatic rings. The van der Waals surface area contributed by atoms with Gasteiger partial charge >= 0.3 is 0 Å². The molecule has 0 saturated carbocycles. The topological polar surface area (TPSA) is 54.1 Å². The van der Waals surface area contributed by atoms with Crippen LogP contribution in [0.4, 0.5) is 4.39 Å². The first-order valence-electron chi connectivity index (χ1n) is 7.28. The molecule has 2 aromatic carbocycles. The quantitative estimate of drug-likeness (QED) is 0.774. The summed E-state index contributed by atoms with van der Waals surface area (Å²) in [6.07, 6.45) is 0. The molecule has 23 heavy (non-hydrogen) atoms. The van der Waals surface area contributed by atoms with E-state index in [9.17, 15) is 9.18 Å². The van der Waals surface area contributed by atoms with E-state index in [1.807, 2.05) is 25.1 Å². The van der Waals surface area contributed by atoms with Crippen LogP contribution in [0, 0.1) is 12.7 Å². The number of H-pyrrole nitrogens is 1. The summed E-state index contributed by atoms with van der Waals surface area (Å²) in [6, 6.07) is 11.9. The van der Waals surface area contributed by atoms with Crippen molar-refractivity contribution >= 4 is 16.8 Å². The second-order valence-corrected chi connectivity index (χ2v) is 5.28. The molecule has 0 saturated heterocycles. The standard InChI is InChI=1S/C18H17FN2O2/c1-11-16(17-14(21-11)8-5-9-15(17)23-2)18(22)20-10-12-6-3-4-7-13(12)19/h3-9,21H,10H2,1-2H3,(H,20,22). The number of benzene rings is 2. The number of carbonyl (C=O) groups excluding carboxylic acids is 1. The van der Waals surface area contributed by atoms with Gasteiger partial charge in [0.25, 0.3) is 5.91 Å². The molecule has 0 atom stereocenters. The van der Waals surface area contributed by atoms with Crippen molar-refractivity contribution in [3.05, 3.63) is 65.1 Å². The lowest BCUT2D eigenvalue weighted by atomic mass is 10.1. The highest BCUT2D eigenvalue weighted by molar-refractivity contribution is 6.10. The van der Waals surface area contributed by atoms with Gasteiger partial charge in [-0.3, -0.25) is 4.79 Å². The van der Waals surface area contributed by atoms with Gasteiger partial charge in [0.05, 0.1) is 23.6 Å². The van der Waals surface area contributed by atoms with Crippen LogP contribution in [0.1, 0.15) is 21.6 Å². The molecule has 118 valence electrons. The third-order valence-electron chi connectivity index (χ3n) is 3.82. The van der Waals surface area contributed by atoms with Crippen LogP contribution in [-0.2, 0) is 6.54 Å². The van der Waals surface area contributed by atoms with E-state index in [-0.39, 0.29) is 18.3 Å². The summed E-state index contributed by atoms with van der Waals surface area (Å²) in [4.78, 5) is 15.8. The molecule has 5 heteroatoms. The molecule has 0 unspecified atom stereocenters. The molecule has 0 radical (unpaired) electrons. The van der Waals surface area contributed by atoms with Crippen molar-refractivity contribution < 1.29 is 13.9 Å². The second-order valence-electron chi connectivity index (χ2n) is 5.28. The lowest BCUT2D eigenvalue weighted by Crippen LogP contribution is -2.23. The molecule has 0 aliphatic heterocycles. The SMILES string of the molecule is COc1cccc2[nH]c(C)c(C(=O)NCc3ccccc3F)c12. The number of aromatic nitrogens is 1. The predicted molar refractivity (Wildman–Crippen MR) is 87.2 cm³/mol. The van der Waals surface area contributed by atoms with E-state index >= 15 is 0 Å². The number of carbonyl (C=O) groups is 1. The van der Waals surface area contributed by atoms with Crippen LogP contribution in [0.15, 0.2) is 42.5 Å². The van der Waals surface area contributed by atoms with Crippen LogP contribution in [-0.4, -0.2) is 18.0 Å². The molecule has 0 aliphatic rings. The number of aryl methyl sites for hydroxylation is 1. The third kappa shape index (κ3) is 2.77. The van der Waals surface area contributed by atoms with Gasteiger partial charge in [0.2, 0.25) is 0 Å². The van der Waals surface area contributed by atoms with Gasteiger partial charge in [-0.25, -0.2) is 4.39 Å². The fourth-order valence-electron chi connectivity index (χ4n) is 2.70. The number of methoxy groups -OCH3 is 1. The van der Waals surface area contributed by atoms with Crippen LogP contribution in [0.2, 0.25) is 0 Å². The summed E-state index contributed by atoms with van der Waals surface area (Å²) >= 11 is 0. The average Bonchev–Trinajstić information content (AvgIpc) is 2.89. The highest BCUT2D eigenvalue weighted by Gasteiger charge is 2.19. The van der Waals surface area contributed by atoms with Gasteiger partial charge in [-0.2, -0.15) is 0 Å². The van der Waals surface area contributed by atoms with Crippen molar-refractivity contribution in [2.24, 2.45) is 0 Å².